The number of nitrogens with zero attached hydrogens (tertiary/aromatic N) is 1. The normalized spacial score (nSPS) is 20.0. The average molecular weight is 360 g/mol. The van der Waals surface area contributed by atoms with Gasteiger partial charge in [0.2, 0.25) is 0 Å². The Morgan fingerprint density at radius 3 is 2.60 bits per heavy atom. The molecule has 25 heavy (non-hydrogen) atoms. The van der Waals surface area contributed by atoms with Crippen LogP contribution in [0, 0.1) is 5.92 Å². The highest BCUT2D eigenvalue weighted by Gasteiger charge is 2.31. The van der Waals surface area contributed by atoms with Crippen LogP contribution in [0.15, 0.2) is 46.7 Å². The van der Waals surface area contributed by atoms with E-state index in [-0.39, 0.29) is 17.5 Å². The summed E-state index contributed by atoms with van der Waals surface area (Å²) in [5, 5.41) is 11.1. The first kappa shape index (κ1) is 19.8. The van der Waals surface area contributed by atoms with Crippen LogP contribution >= 0.6 is 11.8 Å². The maximum Gasteiger partial charge on any atom is 0.168 e. The molecule has 136 valence electrons. The summed E-state index contributed by atoms with van der Waals surface area (Å²) in [6.07, 6.45) is 3.68. The zero-order valence-electron chi connectivity index (χ0n) is 15.5. The molecular weight excluding hydrogens is 330 g/mol. The maximum atomic E-state index is 12.8. The third-order valence-corrected chi connectivity index (χ3v) is 5.53. The number of aliphatic imine (C=N–C) groups is 1. The van der Waals surface area contributed by atoms with Gasteiger partial charge in [-0.1, -0.05) is 45.4 Å². The van der Waals surface area contributed by atoms with Gasteiger partial charge in [0, 0.05) is 18.1 Å². The van der Waals surface area contributed by atoms with E-state index < -0.39 is 0 Å². The second-order valence-electron chi connectivity index (χ2n) is 6.66. The number of hydrogen-bond donors (Lipinski definition) is 1. The van der Waals surface area contributed by atoms with Crippen molar-refractivity contribution in [3.8, 4) is 0 Å². The highest BCUT2D eigenvalue weighted by atomic mass is 32.2. The molecule has 1 aromatic rings. The van der Waals surface area contributed by atoms with Gasteiger partial charge in [0.25, 0.3) is 0 Å². The maximum absolute atomic E-state index is 12.8. The number of benzene rings is 1. The summed E-state index contributed by atoms with van der Waals surface area (Å²) in [7, 11) is 0. The van der Waals surface area contributed by atoms with E-state index in [4.69, 9.17) is 0 Å². The largest absolute Gasteiger partial charge is 0.511 e. The number of para-hydroxylation sites is 1. The molecule has 4 heteroatoms. The molecule has 2 atom stereocenters. The predicted octanol–water partition coefficient (Wildman–Crippen LogP) is 5.88. The molecule has 0 heterocycles. The molecule has 1 aromatic carbocycles. The van der Waals surface area contributed by atoms with E-state index in [1.54, 1.807) is 0 Å². The van der Waals surface area contributed by atoms with Crippen LogP contribution < -0.4 is 0 Å². The van der Waals surface area contributed by atoms with Crippen molar-refractivity contribution in [1.82, 2.24) is 0 Å². The molecule has 0 radical (unpaired) electrons. The molecule has 1 N–H and O–H groups in total. The first-order valence-electron chi connectivity index (χ1n) is 9.25. The van der Waals surface area contributed by atoms with E-state index >= 15 is 0 Å². The Morgan fingerprint density at radius 1 is 1.28 bits per heavy atom. The van der Waals surface area contributed by atoms with Crippen LogP contribution in [0.1, 0.15) is 52.9 Å². The highest BCUT2D eigenvalue weighted by Crippen LogP contribution is 2.33. The molecule has 1 unspecified atom stereocenters. The Balaban J connectivity index is 2.23. The number of thioether (sulfide) groups is 1. The lowest BCUT2D eigenvalue weighted by Crippen LogP contribution is -2.26. The average Bonchev–Trinajstić information content (AvgIpc) is 2.55. The molecule has 0 fully saturated rings. The van der Waals surface area contributed by atoms with Crippen molar-refractivity contribution in [3.05, 3.63) is 41.7 Å². The standard InChI is InChI=1S/C21H29NO2S/c1-4-9-18(22-17-10-7-6-8-11-17)21-19(23)13-16(14-20(21)24)12-15(3)25-5-2/h6-8,10-11,15-16,23H,4-5,9,12-14H2,1-3H3/t15-,16?/m0/s1. The Bertz CT molecular complexity index is 637. The van der Waals surface area contributed by atoms with Crippen LogP contribution in [0.4, 0.5) is 5.69 Å². The van der Waals surface area contributed by atoms with E-state index in [0.29, 0.717) is 30.1 Å². The molecule has 0 bridgehead atoms. The summed E-state index contributed by atoms with van der Waals surface area (Å²) in [4.78, 5) is 17.4. The minimum Gasteiger partial charge on any atom is -0.511 e. The molecule has 0 aliphatic heterocycles. The van der Waals surface area contributed by atoms with Crippen LogP contribution in [-0.4, -0.2) is 27.6 Å². The van der Waals surface area contributed by atoms with Crippen LogP contribution in [-0.2, 0) is 4.79 Å². The van der Waals surface area contributed by atoms with Gasteiger partial charge >= 0.3 is 0 Å². The van der Waals surface area contributed by atoms with E-state index in [9.17, 15) is 9.90 Å². The van der Waals surface area contributed by atoms with Gasteiger partial charge in [-0.25, -0.2) is 0 Å². The Kier molecular flexibility index (Phi) is 7.76. The van der Waals surface area contributed by atoms with E-state index in [2.05, 4.69) is 25.8 Å². The van der Waals surface area contributed by atoms with Gasteiger partial charge in [0.05, 0.1) is 17.0 Å². The van der Waals surface area contributed by atoms with Crippen molar-refractivity contribution in [1.29, 1.82) is 0 Å². The summed E-state index contributed by atoms with van der Waals surface area (Å²) in [5.74, 6) is 1.60. The Labute approximate surface area is 155 Å². The fourth-order valence-corrected chi connectivity index (χ4v) is 4.40. The lowest BCUT2D eigenvalue weighted by molar-refractivity contribution is -0.116. The monoisotopic (exact) mass is 359 g/mol. The number of aliphatic hydroxyl groups excluding tert-OH is 1. The number of allylic oxidation sites excluding steroid dienone is 2. The number of hydrogen-bond acceptors (Lipinski definition) is 4. The number of Topliss-reactive ketones (excluding diaryl/α,β-unsaturated/α-hetero) is 1. The van der Waals surface area contributed by atoms with Gasteiger partial charge in [-0.05, 0) is 36.6 Å². The van der Waals surface area contributed by atoms with E-state index in [1.807, 2.05) is 42.1 Å². The Morgan fingerprint density at radius 2 is 2.00 bits per heavy atom. The molecule has 0 spiro atoms. The zero-order valence-corrected chi connectivity index (χ0v) is 16.3. The number of ketones is 1. The summed E-state index contributed by atoms with van der Waals surface area (Å²) in [5.41, 5.74) is 2.03. The predicted molar refractivity (Wildman–Crippen MR) is 108 cm³/mol. The second kappa shape index (κ2) is 9.81. The molecule has 0 saturated heterocycles. The minimum absolute atomic E-state index is 0.0468. The molecule has 3 nitrogen and oxygen atoms in total. The third-order valence-electron chi connectivity index (χ3n) is 4.44. The number of rotatable bonds is 8. The molecule has 0 aromatic heterocycles. The van der Waals surface area contributed by atoms with Crippen molar-refractivity contribution in [2.45, 2.75) is 58.1 Å². The van der Waals surface area contributed by atoms with Gasteiger partial charge in [-0.15, -0.1) is 0 Å². The van der Waals surface area contributed by atoms with Crippen LogP contribution in [0.2, 0.25) is 0 Å². The van der Waals surface area contributed by atoms with Gasteiger partial charge in [-0.2, -0.15) is 11.8 Å². The second-order valence-corrected chi connectivity index (χ2v) is 8.38. The quantitative estimate of drug-likeness (QED) is 0.589. The van der Waals surface area contributed by atoms with Crippen molar-refractivity contribution in [2.75, 3.05) is 5.75 Å². The fraction of sp³-hybridized carbons (Fsp3) is 0.524. The highest BCUT2D eigenvalue weighted by molar-refractivity contribution is 7.99. The van der Waals surface area contributed by atoms with E-state index in [1.165, 1.54) is 0 Å². The topological polar surface area (TPSA) is 49.7 Å². The zero-order chi connectivity index (χ0) is 18.2. The first-order chi connectivity index (χ1) is 12.0. The Hall–Kier alpha value is -1.55. The lowest BCUT2D eigenvalue weighted by Gasteiger charge is -2.26. The number of carbonyl (C=O) groups is 1. The number of carbonyl (C=O) groups excluding carboxylic acids is 1. The van der Waals surface area contributed by atoms with Gasteiger partial charge in [-0.3, -0.25) is 9.79 Å². The summed E-state index contributed by atoms with van der Waals surface area (Å²) < 4.78 is 0. The van der Waals surface area contributed by atoms with Crippen molar-refractivity contribution < 1.29 is 9.90 Å². The number of aliphatic hydroxyl groups is 1. The van der Waals surface area contributed by atoms with Crippen molar-refractivity contribution in [2.24, 2.45) is 10.9 Å². The minimum atomic E-state index is 0.0468. The molecule has 2 rings (SSSR count). The SMILES string of the molecule is CCCC(=Nc1ccccc1)C1=C(O)CC(C[C@H](C)SCC)CC1=O. The molecule has 1 aliphatic carbocycles. The van der Waals surface area contributed by atoms with E-state index in [0.717, 1.165) is 30.0 Å². The molecule has 0 saturated carbocycles. The molecule has 0 amide bonds. The lowest BCUT2D eigenvalue weighted by atomic mass is 9.82. The van der Waals surface area contributed by atoms with Crippen molar-refractivity contribution >= 4 is 28.9 Å². The summed E-state index contributed by atoms with van der Waals surface area (Å²) >= 11 is 1.91. The van der Waals surface area contributed by atoms with Crippen LogP contribution in [0.25, 0.3) is 0 Å². The van der Waals surface area contributed by atoms with Crippen LogP contribution in [0.3, 0.4) is 0 Å². The van der Waals surface area contributed by atoms with Gasteiger partial charge < -0.3 is 5.11 Å². The fourth-order valence-electron chi connectivity index (χ4n) is 3.42. The van der Waals surface area contributed by atoms with Gasteiger partial charge in [0.1, 0.15) is 5.76 Å². The smallest absolute Gasteiger partial charge is 0.168 e. The third kappa shape index (κ3) is 5.74. The molecular formula is C21H29NO2S. The first-order valence-corrected chi connectivity index (χ1v) is 10.3. The summed E-state index contributed by atoms with van der Waals surface area (Å²) in [6.45, 7) is 6.42. The van der Waals surface area contributed by atoms with Crippen molar-refractivity contribution in [3.63, 3.8) is 0 Å². The summed E-state index contributed by atoms with van der Waals surface area (Å²) in [6, 6.07) is 9.66. The molecule has 1 aliphatic rings. The van der Waals surface area contributed by atoms with Gasteiger partial charge in [0.15, 0.2) is 5.78 Å². The van der Waals surface area contributed by atoms with Crippen LogP contribution in [0.5, 0.6) is 0 Å².